The van der Waals surface area contributed by atoms with Crippen LogP contribution in [0.25, 0.3) is 0 Å². The van der Waals surface area contributed by atoms with Crippen molar-refractivity contribution in [3.63, 3.8) is 0 Å². The van der Waals surface area contributed by atoms with Crippen LogP contribution in [0, 0.1) is 23.4 Å². The third kappa shape index (κ3) is 3.89. The lowest BCUT2D eigenvalue weighted by Crippen LogP contribution is -2.30. The molecule has 1 N–H and O–H groups in total. The summed E-state index contributed by atoms with van der Waals surface area (Å²) in [6, 6.07) is 7.83. The van der Waals surface area contributed by atoms with Crippen LogP contribution in [0.4, 0.5) is 18.9 Å². The topological polar surface area (TPSA) is 58.6 Å². The maximum Gasteiger partial charge on any atom is 0.227 e. The van der Waals surface area contributed by atoms with Crippen molar-refractivity contribution in [3.8, 4) is 5.75 Å². The van der Waals surface area contributed by atoms with Gasteiger partial charge in [-0.15, -0.1) is 0 Å². The Morgan fingerprint density at radius 3 is 2.48 bits per heavy atom. The van der Waals surface area contributed by atoms with Crippen molar-refractivity contribution in [1.29, 1.82) is 0 Å². The van der Waals surface area contributed by atoms with Gasteiger partial charge in [0, 0.05) is 25.7 Å². The molecule has 2 aromatic rings. The second kappa shape index (κ2) is 7.69. The van der Waals surface area contributed by atoms with E-state index in [1.807, 2.05) is 0 Å². The highest BCUT2D eigenvalue weighted by Crippen LogP contribution is 2.27. The first kappa shape index (κ1) is 18.8. The van der Waals surface area contributed by atoms with Crippen LogP contribution in [0.3, 0.4) is 0 Å². The number of halogens is 3. The van der Waals surface area contributed by atoms with E-state index in [0.29, 0.717) is 17.5 Å². The molecule has 2 aromatic carbocycles. The zero-order valence-corrected chi connectivity index (χ0v) is 14.5. The van der Waals surface area contributed by atoms with Crippen molar-refractivity contribution in [2.75, 3.05) is 18.5 Å². The highest BCUT2D eigenvalue weighted by Gasteiger charge is 2.34. The largest absolute Gasteiger partial charge is 0.489 e. The van der Waals surface area contributed by atoms with E-state index < -0.39 is 35.5 Å². The molecule has 1 heterocycles. The Labute approximate surface area is 153 Å². The average molecular weight is 378 g/mol. The highest BCUT2D eigenvalue weighted by molar-refractivity contribution is 6.00. The molecule has 1 aliphatic rings. The molecule has 1 aliphatic heterocycles. The standard InChI is InChI=1S/C19H17F3N2O3/c1-23-19(26)11-8-17(25)24(9-11)12-2-4-13(5-3-12)27-10-14-15(20)6-7-16(21)18(14)22/h2-7,11H,8-10H2,1H3,(H,23,26)/t11-/m0/s1. The number of carbonyl (C=O) groups is 2. The number of rotatable bonds is 5. The van der Waals surface area contributed by atoms with Crippen LogP contribution in [-0.4, -0.2) is 25.4 Å². The molecule has 8 heteroatoms. The monoisotopic (exact) mass is 378 g/mol. The van der Waals surface area contributed by atoms with Crippen LogP contribution in [0.2, 0.25) is 0 Å². The van der Waals surface area contributed by atoms with Crippen molar-refractivity contribution >= 4 is 17.5 Å². The Hall–Kier alpha value is -3.03. The summed E-state index contributed by atoms with van der Waals surface area (Å²) in [4.78, 5) is 25.3. The van der Waals surface area contributed by atoms with Gasteiger partial charge in [0.2, 0.25) is 11.8 Å². The van der Waals surface area contributed by atoms with E-state index in [0.717, 1.165) is 6.07 Å². The average Bonchev–Trinajstić information content (AvgIpc) is 3.06. The predicted molar refractivity (Wildman–Crippen MR) is 91.6 cm³/mol. The molecule has 0 unspecified atom stereocenters. The van der Waals surface area contributed by atoms with E-state index in [1.165, 1.54) is 24.1 Å². The smallest absolute Gasteiger partial charge is 0.227 e. The number of nitrogens with one attached hydrogen (secondary N) is 1. The molecule has 0 radical (unpaired) electrons. The molecule has 27 heavy (non-hydrogen) atoms. The number of nitrogens with zero attached hydrogens (tertiary/aromatic N) is 1. The van der Waals surface area contributed by atoms with Gasteiger partial charge in [0.25, 0.3) is 0 Å². The maximum absolute atomic E-state index is 13.6. The fourth-order valence-electron chi connectivity index (χ4n) is 2.92. The summed E-state index contributed by atoms with van der Waals surface area (Å²) in [7, 11) is 1.52. The first-order valence-corrected chi connectivity index (χ1v) is 8.28. The van der Waals surface area contributed by atoms with Crippen LogP contribution in [0.15, 0.2) is 36.4 Å². The van der Waals surface area contributed by atoms with Gasteiger partial charge in [-0.1, -0.05) is 0 Å². The Morgan fingerprint density at radius 2 is 1.81 bits per heavy atom. The molecule has 1 atom stereocenters. The second-order valence-electron chi connectivity index (χ2n) is 6.12. The number of hydrogen-bond acceptors (Lipinski definition) is 3. The SMILES string of the molecule is CNC(=O)[C@H]1CC(=O)N(c2ccc(OCc3c(F)ccc(F)c3F)cc2)C1. The van der Waals surface area contributed by atoms with E-state index in [-0.39, 0.29) is 24.8 Å². The molecular formula is C19H17F3N2O3. The summed E-state index contributed by atoms with van der Waals surface area (Å²) >= 11 is 0. The number of carbonyl (C=O) groups excluding carboxylic acids is 2. The quantitative estimate of drug-likeness (QED) is 0.814. The molecule has 3 rings (SSSR count). The Morgan fingerprint density at radius 1 is 1.15 bits per heavy atom. The molecule has 0 aromatic heterocycles. The van der Waals surface area contributed by atoms with Crippen molar-refractivity contribution in [2.24, 2.45) is 5.92 Å². The zero-order chi connectivity index (χ0) is 19.6. The van der Waals surface area contributed by atoms with E-state index in [1.54, 1.807) is 12.1 Å². The van der Waals surface area contributed by atoms with Gasteiger partial charge in [0.15, 0.2) is 11.6 Å². The fraction of sp³-hybridized carbons (Fsp3) is 0.263. The van der Waals surface area contributed by atoms with Crippen LogP contribution < -0.4 is 15.0 Å². The van der Waals surface area contributed by atoms with Gasteiger partial charge < -0.3 is 15.0 Å². The van der Waals surface area contributed by atoms with Crippen molar-refractivity contribution in [2.45, 2.75) is 13.0 Å². The lowest BCUT2D eigenvalue weighted by Gasteiger charge is -2.17. The van der Waals surface area contributed by atoms with Crippen molar-refractivity contribution < 1.29 is 27.5 Å². The molecule has 0 spiro atoms. The van der Waals surface area contributed by atoms with Gasteiger partial charge in [0.05, 0.1) is 11.5 Å². The Kier molecular flexibility index (Phi) is 5.34. The van der Waals surface area contributed by atoms with Crippen molar-refractivity contribution in [1.82, 2.24) is 5.32 Å². The highest BCUT2D eigenvalue weighted by atomic mass is 19.2. The van der Waals surface area contributed by atoms with Gasteiger partial charge in [-0.3, -0.25) is 9.59 Å². The summed E-state index contributed by atoms with van der Waals surface area (Å²) < 4.78 is 45.8. The number of ether oxygens (including phenoxy) is 1. The fourth-order valence-corrected chi connectivity index (χ4v) is 2.92. The first-order chi connectivity index (χ1) is 12.9. The summed E-state index contributed by atoms with van der Waals surface area (Å²) in [5, 5.41) is 2.53. The molecule has 1 saturated heterocycles. The van der Waals surface area contributed by atoms with Crippen molar-refractivity contribution in [3.05, 3.63) is 59.4 Å². The summed E-state index contributed by atoms with van der Waals surface area (Å²) in [6.07, 6.45) is 0.135. The lowest BCUT2D eigenvalue weighted by atomic mass is 10.1. The van der Waals surface area contributed by atoms with Gasteiger partial charge in [-0.2, -0.15) is 0 Å². The van der Waals surface area contributed by atoms with Gasteiger partial charge in [-0.05, 0) is 36.4 Å². The van der Waals surface area contributed by atoms with Gasteiger partial charge in [0.1, 0.15) is 18.2 Å². The number of amides is 2. The normalized spacial score (nSPS) is 16.5. The number of hydrogen-bond donors (Lipinski definition) is 1. The molecule has 5 nitrogen and oxygen atoms in total. The summed E-state index contributed by atoms with van der Waals surface area (Å²) in [6.45, 7) is -0.200. The predicted octanol–water partition coefficient (Wildman–Crippen LogP) is 2.78. The number of anilines is 1. The van der Waals surface area contributed by atoms with E-state index in [2.05, 4.69) is 5.32 Å². The van der Waals surface area contributed by atoms with Gasteiger partial charge in [-0.25, -0.2) is 13.2 Å². The second-order valence-corrected chi connectivity index (χ2v) is 6.12. The minimum Gasteiger partial charge on any atom is -0.489 e. The van der Waals surface area contributed by atoms with Crippen LogP contribution >= 0.6 is 0 Å². The van der Waals surface area contributed by atoms with Gasteiger partial charge >= 0.3 is 0 Å². The molecule has 0 aliphatic carbocycles. The molecule has 1 fully saturated rings. The molecule has 0 saturated carbocycles. The van der Waals surface area contributed by atoms with E-state index >= 15 is 0 Å². The third-order valence-corrected chi connectivity index (χ3v) is 4.41. The lowest BCUT2D eigenvalue weighted by molar-refractivity contribution is -0.125. The molecule has 2 amide bonds. The van der Waals surface area contributed by atoms with Crippen LogP contribution in [0.5, 0.6) is 5.75 Å². The molecule has 0 bridgehead atoms. The third-order valence-electron chi connectivity index (χ3n) is 4.41. The Bertz CT molecular complexity index is 871. The number of benzene rings is 2. The minimum atomic E-state index is -1.28. The first-order valence-electron chi connectivity index (χ1n) is 8.28. The van der Waals surface area contributed by atoms with E-state index in [4.69, 9.17) is 4.74 Å². The summed E-state index contributed by atoms with van der Waals surface area (Å²) in [5.74, 6) is -3.79. The Balaban J connectivity index is 1.67. The zero-order valence-electron chi connectivity index (χ0n) is 14.5. The molecule has 142 valence electrons. The van der Waals surface area contributed by atoms with Crippen LogP contribution in [-0.2, 0) is 16.2 Å². The minimum absolute atomic E-state index is 0.135. The maximum atomic E-state index is 13.6. The van der Waals surface area contributed by atoms with Crippen LogP contribution in [0.1, 0.15) is 12.0 Å². The van der Waals surface area contributed by atoms with E-state index in [9.17, 15) is 22.8 Å². The molecular weight excluding hydrogens is 361 g/mol. The summed E-state index contributed by atoms with van der Waals surface area (Å²) in [5.41, 5.74) is 0.0871.